The number of carbonyl (C=O) groups excluding carboxylic acids is 3. The minimum absolute atomic E-state index is 0.306. The number of urea groups is 1. The van der Waals surface area contributed by atoms with Crippen molar-refractivity contribution < 1.29 is 19.3 Å². The molecular weight excluding hydrogens is 256 g/mol. The maximum atomic E-state index is 11.7. The number of aliphatic imine (C=N–C) groups is 1. The highest BCUT2D eigenvalue weighted by Gasteiger charge is 2.47. The van der Waals surface area contributed by atoms with Crippen molar-refractivity contribution in [1.29, 1.82) is 0 Å². The molecule has 3 amide bonds. The molecule has 10 heteroatoms. The standard InChI is InChI=1S/C7H3ClN4O5/c8-4-2(12(16)17)3(13)1-5(9-4)10-7(15)11-6(1)14/h1H,(H2,9,10,11,14,15). The van der Waals surface area contributed by atoms with E-state index in [0.29, 0.717) is 0 Å². The molecule has 2 aliphatic heterocycles. The van der Waals surface area contributed by atoms with E-state index in [2.05, 4.69) is 10.3 Å². The van der Waals surface area contributed by atoms with Gasteiger partial charge in [-0.1, -0.05) is 11.6 Å². The van der Waals surface area contributed by atoms with Crippen molar-refractivity contribution in [3.8, 4) is 0 Å². The molecule has 0 aromatic rings. The lowest BCUT2D eigenvalue weighted by molar-refractivity contribution is -0.419. The number of fused-ring (bicyclic) bond motifs is 1. The monoisotopic (exact) mass is 258 g/mol. The highest BCUT2D eigenvalue weighted by Crippen LogP contribution is 2.24. The topological polar surface area (TPSA) is 131 Å². The number of Topliss-reactive ketones (excluding diaryl/α,β-unsaturated/α-hetero) is 1. The highest BCUT2D eigenvalue weighted by atomic mass is 35.5. The molecule has 2 rings (SSSR count). The summed E-state index contributed by atoms with van der Waals surface area (Å²) in [5.74, 6) is -3.92. The van der Waals surface area contributed by atoms with E-state index < -0.39 is 39.4 Å². The number of amidine groups is 1. The van der Waals surface area contributed by atoms with E-state index in [1.54, 1.807) is 5.32 Å². The third-order valence-corrected chi connectivity index (χ3v) is 2.37. The summed E-state index contributed by atoms with van der Waals surface area (Å²) in [4.78, 5) is 47.0. The number of rotatable bonds is 1. The number of halogens is 1. The van der Waals surface area contributed by atoms with Gasteiger partial charge in [-0.3, -0.25) is 30.3 Å². The summed E-state index contributed by atoms with van der Waals surface area (Å²) in [5.41, 5.74) is -0.966. The maximum Gasteiger partial charge on any atom is 0.350 e. The Kier molecular flexibility index (Phi) is 2.39. The Hall–Kier alpha value is -2.29. The molecule has 2 heterocycles. The lowest BCUT2D eigenvalue weighted by Gasteiger charge is -2.24. The minimum Gasteiger partial charge on any atom is -0.294 e. The molecule has 0 radical (unpaired) electrons. The summed E-state index contributed by atoms with van der Waals surface area (Å²) in [6.45, 7) is 0. The Labute approximate surface area is 97.7 Å². The maximum absolute atomic E-state index is 11.7. The molecule has 17 heavy (non-hydrogen) atoms. The Balaban J connectivity index is 2.53. The van der Waals surface area contributed by atoms with Crippen molar-refractivity contribution in [2.24, 2.45) is 10.9 Å². The van der Waals surface area contributed by atoms with Crippen LogP contribution in [-0.4, -0.2) is 28.5 Å². The van der Waals surface area contributed by atoms with Gasteiger partial charge in [-0.2, -0.15) is 0 Å². The Morgan fingerprint density at radius 1 is 1.29 bits per heavy atom. The van der Waals surface area contributed by atoms with Gasteiger partial charge in [0.25, 0.3) is 5.78 Å². The predicted molar refractivity (Wildman–Crippen MR) is 52.5 cm³/mol. The highest BCUT2D eigenvalue weighted by molar-refractivity contribution is 6.38. The molecule has 0 saturated carbocycles. The first-order valence-electron chi connectivity index (χ1n) is 4.20. The van der Waals surface area contributed by atoms with E-state index in [0.717, 1.165) is 0 Å². The molecule has 0 bridgehead atoms. The number of allylic oxidation sites excluding steroid dienone is 1. The van der Waals surface area contributed by atoms with E-state index in [-0.39, 0.29) is 5.84 Å². The van der Waals surface area contributed by atoms with Gasteiger partial charge in [-0.25, -0.2) is 9.79 Å². The van der Waals surface area contributed by atoms with E-state index in [9.17, 15) is 24.5 Å². The number of nitrogens with zero attached hydrogens (tertiary/aromatic N) is 2. The number of carbonyl (C=O) groups is 3. The van der Waals surface area contributed by atoms with Crippen molar-refractivity contribution in [2.45, 2.75) is 0 Å². The fraction of sp³-hybridized carbons (Fsp3) is 0.143. The second kappa shape index (κ2) is 3.63. The number of amides is 3. The lowest BCUT2D eigenvalue weighted by atomic mass is 9.96. The van der Waals surface area contributed by atoms with Crippen LogP contribution in [0.2, 0.25) is 0 Å². The van der Waals surface area contributed by atoms with Crippen LogP contribution in [0.3, 0.4) is 0 Å². The predicted octanol–water partition coefficient (Wildman–Crippen LogP) is -0.892. The molecule has 1 atom stereocenters. The Bertz CT molecular complexity index is 536. The van der Waals surface area contributed by atoms with Crippen molar-refractivity contribution in [2.75, 3.05) is 0 Å². The molecule has 2 aliphatic rings. The summed E-state index contributed by atoms with van der Waals surface area (Å²) in [6.07, 6.45) is 0. The van der Waals surface area contributed by atoms with E-state index in [1.807, 2.05) is 0 Å². The normalized spacial score (nSPS) is 23.7. The van der Waals surface area contributed by atoms with Crippen LogP contribution in [0.25, 0.3) is 0 Å². The number of nitro groups is 1. The zero-order valence-electron chi connectivity index (χ0n) is 7.89. The summed E-state index contributed by atoms with van der Waals surface area (Å²) < 4.78 is 0. The van der Waals surface area contributed by atoms with Gasteiger partial charge in [0, 0.05) is 0 Å². The second-order valence-electron chi connectivity index (χ2n) is 3.13. The van der Waals surface area contributed by atoms with Crippen molar-refractivity contribution in [1.82, 2.24) is 10.6 Å². The molecule has 2 N–H and O–H groups in total. The molecule has 9 nitrogen and oxygen atoms in total. The molecule has 88 valence electrons. The van der Waals surface area contributed by atoms with Gasteiger partial charge in [0.05, 0.1) is 4.92 Å². The first kappa shape index (κ1) is 11.2. The van der Waals surface area contributed by atoms with Crippen LogP contribution in [0.15, 0.2) is 15.8 Å². The fourth-order valence-corrected chi connectivity index (χ4v) is 1.68. The van der Waals surface area contributed by atoms with Crippen LogP contribution >= 0.6 is 11.6 Å². The van der Waals surface area contributed by atoms with Crippen LogP contribution in [0.4, 0.5) is 4.79 Å². The first-order valence-corrected chi connectivity index (χ1v) is 4.58. The number of nitrogens with one attached hydrogen (secondary N) is 2. The van der Waals surface area contributed by atoms with Gasteiger partial charge in [0.1, 0.15) is 5.84 Å². The van der Waals surface area contributed by atoms with E-state index in [4.69, 9.17) is 11.6 Å². The van der Waals surface area contributed by atoms with Gasteiger partial charge in [-0.15, -0.1) is 0 Å². The van der Waals surface area contributed by atoms with Crippen molar-refractivity contribution in [3.63, 3.8) is 0 Å². The van der Waals surface area contributed by atoms with Gasteiger partial charge < -0.3 is 0 Å². The number of hydrogen-bond donors (Lipinski definition) is 2. The molecule has 1 saturated heterocycles. The molecule has 0 aromatic heterocycles. The van der Waals surface area contributed by atoms with Crippen LogP contribution in [-0.2, 0) is 9.59 Å². The van der Waals surface area contributed by atoms with Crippen molar-refractivity contribution >= 4 is 35.2 Å². The zero-order valence-corrected chi connectivity index (χ0v) is 8.65. The molecule has 1 unspecified atom stereocenters. The quantitative estimate of drug-likeness (QED) is 0.272. The molecule has 0 aromatic carbocycles. The fourth-order valence-electron chi connectivity index (χ4n) is 1.43. The number of hydrogen-bond acceptors (Lipinski definition) is 6. The Morgan fingerprint density at radius 2 is 1.94 bits per heavy atom. The van der Waals surface area contributed by atoms with Crippen LogP contribution in [0.1, 0.15) is 0 Å². The summed E-state index contributed by atoms with van der Waals surface area (Å²) in [7, 11) is 0. The lowest BCUT2D eigenvalue weighted by Crippen LogP contribution is -2.59. The molecular formula is C7H3ClN4O5. The van der Waals surface area contributed by atoms with Crippen LogP contribution < -0.4 is 10.6 Å². The van der Waals surface area contributed by atoms with Gasteiger partial charge >= 0.3 is 11.7 Å². The number of ketones is 1. The third kappa shape index (κ3) is 1.65. The first-order chi connectivity index (χ1) is 7.91. The number of imide groups is 1. The SMILES string of the molecule is O=C1NC(=O)C2C(=O)C([N+](=O)[O-])=C(Cl)N=C2N1. The zero-order chi connectivity index (χ0) is 12.7. The largest absolute Gasteiger partial charge is 0.350 e. The Morgan fingerprint density at radius 3 is 2.53 bits per heavy atom. The smallest absolute Gasteiger partial charge is 0.294 e. The average Bonchev–Trinajstić information content (AvgIpc) is 2.13. The minimum atomic E-state index is -1.53. The van der Waals surface area contributed by atoms with Crippen LogP contribution in [0.5, 0.6) is 0 Å². The summed E-state index contributed by atoms with van der Waals surface area (Å²) >= 11 is 5.43. The average molecular weight is 259 g/mol. The van der Waals surface area contributed by atoms with Crippen LogP contribution in [0, 0.1) is 16.0 Å². The van der Waals surface area contributed by atoms with Crippen molar-refractivity contribution in [3.05, 3.63) is 21.0 Å². The second-order valence-corrected chi connectivity index (χ2v) is 3.49. The van der Waals surface area contributed by atoms with Gasteiger partial charge in [0.15, 0.2) is 5.92 Å². The van der Waals surface area contributed by atoms with E-state index >= 15 is 0 Å². The molecule has 0 spiro atoms. The summed E-state index contributed by atoms with van der Waals surface area (Å²) in [6, 6.07) is -0.869. The van der Waals surface area contributed by atoms with E-state index in [1.165, 1.54) is 0 Å². The molecule has 0 aliphatic carbocycles. The summed E-state index contributed by atoms with van der Waals surface area (Å²) in [5, 5.41) is 13.8. The van der Waals surface area contributed by atoms with Gasteiger partial charge in [0.2, 0.25) is 11.1 Å². The van der Waals surface area contributed by atoms with Gasteiger partial charge in [-0.05, 0) is 0 Å². The third-order valence-electron chi connectivity index (χ3n) is 2.11. The molecule has 1 fully saturated rings.